The SMILES string of the molecule is O=C(NCc1ncc(-c2ccc(OC(F)(F)P)cc2)cn1)C(F)F. The van der Waals surface area contributed by atoms with Crippen molar-refractivity contribution in [3.8, 4) is 16.9 Å². The lowest BCUT2D eigenvalue weighted by Gasteiger charge is -2.13. The molecule has 2 aromatic rings. The van der Waals surface area contributed by atoms with Gasteiger partial charge in [-0.2, -0.15) is 17.6 Å². The van der Waals surface area contributed by atoms with Gasteiger partial charge in [-0.05, 0) is 26.9 Å². The largest absolute Gasteiger partial charge is 0.430 e. The number of amides is 1. The first-order chi connectivity index (χ1) is 11.2. The predicted octanol–water partition coefficient (Wildman–Crippen LogP) is 2.83. The highest BCUT2D eigenvalue weighted by atomic mass is 31.0. The van der Waals surface area contributed by atoms with Gasteiger partial charge in [-0.15, -0.1) is 0 Å². The highest BCUT2D eigenvalue weighted by molar-refractivity contribution is 7.17. The maximum absolute atomic E-state index is 12.7. The normalized spacial score (nSPS) is 11.4. The van der Waals surface area contributed by atoms with Crippen LogP contribution >= 0.6 is 9.24 Å². The maximum Gasteiger partial charge on any atom is 0.408 e. The Balaban J connectivity index is 2.01. The Bertz CT molecular complexity index is 691. The number of nitrogens with zero attached hydrogens (tertiary/aromatic N) is 2. The second-order valence-corrected chi connectivity index (χ2v) is 5.27. The molecule has 0 aliphatic rings. The number of rotatable bonds is 6. The summed E-state index contributed by atoms with van der Waals surface area (Å²) in [6.45, 7) is -0.223. The van der Waals surface area contributed by atoms with E-state index in [0.717, 1.165) is 0 Å². The van der Waals surface area contributed by atoms with Gasteiger partial charge in [0, 0.05) is 18.0 Å². The summed E-state index contributed by atoms with van der Waals surface area (Å²) in [5, 5.41) is 1.98. The quantitative estimate of drug-likeness (QED) is 0.635. The van der Waals surface area contributed by atoms with Crippen molar-refractivity contribution >= 4 is 15.1 Å². The third kappa shape index (κ3) is 5.42. The smallest absolute Gasteiger partial charge is 0.408 e. The average Bonchev–Trinajstić information content (AvgIpc) is 2.52. The fourth-order valence-corrected chi connectivity index (χ4v) is 1.85. The molecule has 5 nitrogen and oxygen atoms in total. The molecular formula is C14H12F4N3O2P. The first-order valence-corrected chi connectivity index (χ1v) is 7.15. The van der Waals surface area contributed by atoms with Gasteiger partial charge in [0.1, 0.15) is 11.6 Å². The van der Waals surface area contributed by atoms with E-state index in [-0.39, 0.29) is 18.1 Å². The summed E-state index contributed by atoms with van der Waals surface area (Å²) in [7, 11) is 1.27. The van der Waals surface area contributed by atoms with Crippen molar-refractivity contribution in [3.63, 3.8) is 0 Å². The van der Waals surface area contributed by atoms with Crippen LogP contribution in [-0.4, -0.2) is 28.2 Å². The molecule has 1 aromatic heterocycles. The first kappa shape index (κ1) is 18.1. The molecule has 1 atom stereocenters. The van der Waals surface area contributed by atoms with E-state index in [9.17, 15) is 22.4 Å². The average molecular weight is 361 g/mol. The van der Waals surface area contributed by atoms with Gasteiger partial charge in [-0.3, -0.25) is 4.79 Å². The minimum atomic E-state index is -3.35. The number of alkyl halides is 4. The summed E-state index contributed by atoms with van der Waals surface area (Å²) in [4.78, 5) is 18.6. The lowest BCUT2D eigenvalue weighted by Crippen LogP contribution is -2.29. The fourth-order valence-electron chi connectivity index (χ4n) is 1.71. The molecule has 1 N–H and O–H groups in total. The Morgan fingerprint density at radius 3 is 2.25 bits per heavy atom. The Hall–Kier alpha value is -2.28. The van der Waals surface area contributed by atoms with Crippen LogP contribution in [0.3, 0.4) is 0 Å². The van der Waals surface area contributed by atoms with Crippen LogP contribution in [0.5, 0.6) is 5.75 Å². The lowest BCUT2D eigenvalue weighted by molar-refractivity contribution is -0.131. The van der Waals surface area contributed by atoms with E-state index in [4.69, 9.17) is 0 Å². The number of carbonyl (C=O) groups is 1. The highest BCUT2D eigenvalue weighted by Crippen LogP contribution is 2.28. The van der Waals surface area contributed by atoms with Gasteiger partial charge in [-0.1, -0.05) is 12.1 Å². The first-order valence-electron chi connectivity index (χ1n) is 6.57. The molecule has 0 aliphatic heterocycles. The van der Waals surface area contributed by atoms with E-state index in [2.05, 4.69) is 14.7 Å². The molecule has 0 saturated carbocycles. The topological polar surface area (TPSA) is 64.1 Å². The van der Waals surface area contributed by atoms with Crippen molar-refractivity contribution in [1.82, 2.24) is 15.3 Å². The molecule has 10 heteroatoms. The van der Waals surface area contributed by atoms with Gasteiger partial charge in [0.25, 0.3) is 5.91 Å². The summed E-state index contributed by atoms with van der Waals surface area (Å²) < 4.78 is 53.9. The number of ether oxygens (including phenoxy) is 1. The molecule has 0 aliphatic carbocycles. The van der Waals surface area contributed by atoms with E-state index in [1.807, 2.05) is 5.32 Å². The van der Waals surface area contributed by atoms with Gasteiger partial charge in [0.05, 0.1) is 6.54 Å². The van der Waals surface area contributed by atoms with Crippen LogP contribution in [-0.2, 0) is 11.3 Å². The van der Waals surface area contributed by atoms with Gasteiger partial charge in [-0.25, -0.2) is 9.97 Å². The van der Waals surface area contributed by atoms with E-state index in [1.165, 1.54) is 33.8 Å². The third-order valence-electron chi connectivity index (χ3n) is 2.77. The van der Waals surface area contributed by atoms with E-state index in [1.54, 1.807) is 12.1 Å². The summed E-state index contributed by atoms with van der Waals surface area (Å²) in [5.74, 6) is -4.60. The second-order valence-electron chi connectivity index (χ2n) is 4.59. The monoisotopic (exact) mass is 361 g/mol. The highest BCUT2D eigenvalue weighted by Gasteiger charge is 2.23. The predicted molar refractivity (Wildman–Crippen MR) is 80.6 cm³/mol. The zero-order valence-electron chi connectivity index (χ0n) is 12.0. The Labute approximate surface area is 136 Å². The number of nitrogens with one attached hydrogen (secondary N) is 1. The van der Waals surface area contributed by atoms with Crippen molar-refractivity contribution in [2.24, 2.45) is 0 Å². The van der Waals surface area contributed by atoms with Crippen LogP contribution < -0.4 is 10.1 Å². The van der Waals surface area contributed by atoms with Crippen LogP contribution in [0.25, 0.3) is 11.1 Å². The second kappa shape index (κ2) is 7.53. The number of hydrogen-bond donors (Lipinski definition) is 1. The Morgan fingerprint density at radius 1 is 1.17 bits per heavy atom. The van der Waals surface area contributed by atoms with Crippen molar-refractivity contribution in [2.75, 3.05) is 0 Å². The van der Waals surface area contributed by atoms with Crippen molar-refractivity contribution in [2.45, 2.75) is 18.8 Å². The van der Waals surface area contributed by atoms with Crippen molar-refractivity contribution < 1.29 is 27.1 Å². The molecule has 128 valence electrons. The van der Waals surface area contributed by atoms with Crippen LogP contribution in [0.15, 0.2) is 36.7 Å². The summed E-state index contributed by atoms with van der Waals surface area (Å²) in [6.07, 6.45) is -0.243. The molecule has 0 saturated heterocycles. The molecule has 0 bridgehead atoms. The summed E-state index contributed by atoms with van der Waals surface area (Å²) >= 11 is 0. The lowest BCUT2D eigenvalue weighted by atomic mass is 10.1. The molecule has 24 heavy (non-hydrogen) atoms. The van der Waals surface area contributed by atoms with Crippen molar-refractivity contribution in [3.05, 3.63) is 42.5 Å². The molecule has 0 fully saturated rings. The van der Waals surface area contributed by atoms with Crippen molar-refractivity contribution in [1.29, 1.82) is 0 Å². The fraction of sp³-hybridized carbons (Fsp3) is 0.214. The maximum atomic E-state index is 12.7. The van der Waals surface area contributed by atoms with Crippen LogP contribution in [0.2, 0.25) is 0 Å². The Kier molecular flexibility index (Phi) is 5.66. The molecule has 2 rings (SSSR count). The van der Waals surface area contributed by atoms with Crippen LogP contribution in [0.1, 0.15) is 5.82 Å². The summed E-state index contributed by atoms with van der Waals surface area (Å²) in [6, 6.07) is 5.82. The zero-order chi connectivity index (χ0) is 17.7. The molecular weight excluding hydrogens is 349 g/mol. The molecule has 1 aromatic carbocycles. The van der Waals surface area contributed by atoms with E-state index < -0.39 is 18.2 Å². The van der Waals surface area contributed by atoms with Crippen LogP contribution in [0.4, 0.5) is 17.6 Å². The molecule has 1 amide bonds. The number of halogens is 4. The third-order valence-corrected chi connectivity index (χ3v) is 2.88. The number of aromatic nitrogens is 2. The number of hydrogen-bond acceptors (Lipinski definition) is 4. The molecule has 1 heterocycles. The van der Waals surface area contributed by atoms with E-state index in [0.29, 0.717) is 11.1 Å². The standard InChI is InChI=1S/C14H12F4N3O2P/c15-12(16)13(22)21-7-11-19-5-9(6-20-11)8-1-3-10(4-2-8)23-14(17,18)24/h1-6,12H,7,24H2,(H,21,22). The minimum absolute atomic E-state index is 0.00833. The Morgan fingerprint density at radius 2 is 1.75 bits per heavy atom. The van der Waals surface area contributed by atoms with Gasteiger partial charge >= 0.3 is 12.3 Å². The van der Waals surface area contributed by atoms with Gasteiger partial charge in [0.2, 0.25) is 0 Å². The van der Waals surface area contributed by atoms with E-state index >= 15 is 0 Å². The molecule has 0 spiro atoms. The molecule has 1 unspecified atom stereocenters. The van der Waals surface area contributed by atoms with Crippen LogP contribution in [0, 0.1) is 0 Å². The summed E-state index contributed by atoms with van der Waals surface area (Å²) in [5.41, 5.74) is 1.24. The van der Waals surface area contributed by atoms with Gasteiger partial charge < -0.3 is 10.1 Å². The minimum Gasteiger partial charge on any atom is -0.430 e. The zero-order valence-corrected chi connectivity index (χ0v) is 13.2. The van der Waals surface area contributed by atoms with Gasteiger partial charge in [0.15, 0.2) is 0 Å². The molecule has 0 radical (unpaired) electrons. The number of carbonyl (C=O) groups excluding carboxylic acids is 1. The number of benzene rings is 1.